The van der Waals surface area contributed by atoms with E-state index in [4.69, 9.17) is 33.4 Å². The molecule has 0 spiro atoms. The Balaban J connectivity index is 2.37. The van der Waals surface area contributed by atoms with E-state index in [1.54, 1.807) is 7.11 Å². The Labute approximate surface area is 123 Å². The van der Waals surface area contributed by atoms with E-state index in [1.165, 1.54) is 0 Å². The number of rotatable bonds is 3. The first-order valence-electron chi connectivity index (χ1n) is 5.23. The second kappa shape index (κ2) is 5.97. The van der Waals surface area contributed by atoms with Gasteiger partial charge in [-0.15, -0.1) is 0 Å². The SMILES string of the molecule is COc1cc[c]([Bi]([Cl])([Cl])[c]2ccc(Cl)cc2)cc1. The number of hydrogen-bond acceptors (Lipinski definition) is 1. The Kier molecular flexibility index (Phi) is 4.77. The third kappa shape index (κ3) is 3.11. The van der Waals surface area contributed by atoms with Crippen LogP contribution >= 0.6 is 28.6 Å². The molecule has 0 fully saturated rings. The van der Waals surface area contributed by atoms with Gasteiger partial charge in [0.25, 0.3) is 0 Å². The molecule has 0 unspecified atom stereocenters. The van der Waals surface area contributed by atoms with Crippen molar-refractivity contribution >= 4 is 53.0 Å². The topological polar surface area (TPSA) is 9.23 Å². The summed E-state index contributed by atoms with van der Waals surface area (Å²) in [7, 11) is 14.9. The molecule has 0 saturated heterocycles. The molecule has 0 aromatic heterocycles. The normalized spacial score (nSPS) is 11.3. The molecule has 1 nitrogen and oxygen atoms in total. The summed E-state index contributed by atoms with van der Waals surface area (Å²) in [6.07, 6.45) is 0. The van der Waals surface area contributed by atoms with Crippen molar-refractivity contribution < 1.29 is 4.74 Å². The fourth-order valence-electron chi connectivity index (χ4n) is 1.55. The van der Waals surface area contributed by atoms with Gasteiger partial charge in [0, 0.05) is 0 Å². The van der Waals surface area contributed by atoms with Gasteiger partial charge in [0.2, 0.25) is 0 Å². The van der Waals surface area contributed by atoms with Gasteiger partial charge in [-0.05, 0) is 0 Å². The van der Waals surface area contributed by atoms with Crippen LogP contribution in [0.5, 0.6) is 5.75 Å². The molecule has 95 valence electrons. The minimum absolute atomic E-state index is 0.685. The summed E-state index contributed by atoms with van der Waals surface area (Å²) >= 11 is 2.31. The second-order valence-electron chi connectivity index (χ2n) is 3.69. The second-order valence-corrected chi connectivity index (χ2v) is 22.6. The monoisotopic (exact) mass is 497 g/mol. The van der Waals surface area contributed by atoms with Crippen molar-refractivity contribution in [2.45, 2.75) is 0 Å². The van der Waals surface area contributed by atoms with Crippen molar-refractivity contribution in [3.63, 3.8) is 0 Å². The number of halogens is 3. The van der Waals surface area contributed by atoms with Crippen LogP contribution in [0.1, 0.15) is 0 Å². The number of ether oxygens (including phenoxy) is 1. The van der Waals surface area contributed by atoms with Gasteiger partial charge >= 0.3 is 124 Å². The third-order valence-corrected chi connectivity index (χ3v) is 17.0. The standard InChI is InChI=1S/C7H7O.C6H4Cl.Bi.2ClH/c1-8-7-5-3-2-4-6-7;7-6-4-2-1-3-5-6;;;/h3-6H,1H3;2-5H;;2*1H/q;;+2;;/p-2. The Morgan fingerprint density at radius 1 is 0.833 bits per heavy atom. The van der Waals surface area contributed by atoms with Crippen LogP contribution < -0.4 is 11.3 Å². The van der Waals surface area contributed by atoms with Crippen LogP contribution in [-0.4, -0.2) is 25.0 Å². The first-order valence-corrected chi connectivity index (χ1v) is 17.6. The maximum atomic E-state index is 6.63. The van der Waals surface area contributed by atoms with Gasteiger partial charge in [-0.3, -0.25) is 0 Å². The third-order valence-electron chi connectivity index (χ3n) is 2.55. The van der Waals surface area contributed by atoms with E-state index in [9.17, 15) is 0 Å². The average molecular weight is 499 g/mol. The van der Waals surface area contributed by atoms with Gasteiger partial charge in [0.05, 0.1) is 0 Å². The van der Waals surface area contributed by atoms with E-state index < -0.39 is 17.9 Å². The average Bonchev–Trinajstić information content (AvgIpc) is 2.39. The molecule has 0 amide bonds. The van der Waals surface area contributed by atoms with Gasteiger partial charge in [-0.1, -0.05) is 0 Å². The Morgan fingerprint density at radius 3 is 1.72 bits per heavy atom. The zero-order valence-corrected chi connectivity index (χ0v) is 15.4. The molecule has 5 heteroatoms. The van der Waals surface area contributed by atoms with E-state index in [-0.39, 0.29) is 0 Å². The van der Waals surface area contributed by atoms with Gasteiger partial charge in [0.15, 0.2) is 0 Å². The summed E-state index contributed by atoms with van der Waals surface area (Å²) < 4.78 is 7.12. The summed E-state index contributed by atoms with van der Waals surface area (Å²) in [6.45, 7) is 0. The summed E-state index contributed by atoms with van der Waals surface area (Å²) in [5, 5.41) is 0.685. The first-order chi connectivity index (χ1) is 8.54. The minimum atomic E-state index is -3.55. The fraction of sp³-hybridized carbons (Fsp3) is 0.0769. The zero-order valence-electron chi connectivity index (χ0n) is 9.61. The van der Waals surface area contributed by atoms with Crippen molar-refractivity contribution in [2.75, 3.05) is 7.11 Å². The van der Waals surface area contributed by atoms with E-state index in [1.807, 2.05) is 48.5 Å². The van der Waals surface area contributed by atoms with Crippen LogP contribution in [0, 0.1) is 0 Å². The van der Waals surface area contributed by atoms with E-state index in [0.717, 1.165) is 12.3 Å². The summed E-state index contributed by atoms with van der Waals surface area (Å²) in [5.41, 5.74) is 0. The maximum absolute atomic E-state index is 6.63. The van der Waals surface area contributed by atoms with Crippen LogP contribution in [0.4, 0.5) is 0 Å². The Bertz CT molecular complexity index is 523. The van der Waals surface area contributed by atoms with Gasteiger partial charge in [-0.2, -0.15) is 0 Å². The van der Waals surface area contributed by atoms with Crippen molar-refractivity contribution in [2.24, 2.45) is 0 Å². The molecule has 2 aromatic carbocycles. The zero-order chi connectivity index (χ0) is 13.2. The first kappa shape index (κ1) is 14.4. The molecule has 0 aliphatic rings. The van der Waals surface area contributed by atoms with Gasteiger partial charge in [-0.25, -0.2) is 0 Å². The van der Waals surface area contributed by atoms with Crippen LogP contribution in [0.15, 0.2) is 48.5 Å². The molecule has 0 heterocycles. The number of hydrogen-bond donors (Lipinski definition) is 0. The quantitative estimate of drug-likeness (QED) is 0.590. The Hall–Kier alpha value is -0.00688. The van der Waals surface area contributed by atoms with Crippen molar-refractivity contribution in [1.29, 1.82) is 0 Å². The number of benzene rings is 2. The molecule has 0 N–H and O–H groups in total. The van der Waals surface area contributed by atoms with Gasteiger partial charge < -0.3 is 0 Å². The van der Waals surface area contributed by atoms with Crippen LogP contribution in [0.3, 0.4) is 0 Å². The van der Waals surface area contributed by atoms with Crippen LogP contribution in [-0.2, 0) is 0 Å². The fourth-order valence-corrected chi connectivity index (χ4v) is 10.9. The predicted molar refractivity (Wildman–Crippen MR) is 81.2 cm³/mol. The van der Waals surface area contributed by atoms with Gasteiger partial charge in [0.1, 0.15) is 0 Å². The van der Waals surface area contributed by atoms with E-state index in [2.05, 4.69) is 0 Å². The van der Waals surface area contributed by atoms with Crippen molar-refractivity contribution in [1.82, 2.24) is 0 Å². The number of methoxy groups -OCH3 is 1. The van der Waals surface area contributed by atoms with Crippen molar-refractivity contribution in [3.8, 4) is 5.75 Å². The van der Waals surface area contributed by atoms with E-state index in [0.29, 0.717) is 5.02 Å². The molecule has 1 radical (unpaired) electrons. The van der Waals surface area contributed by atoms with Crippen molar-refractivity contribution in [3.05, 3.63) is 53.6 Å². The summed E-state index contributed by atoms with van der Waals surface area (Å²) in [6, 6.07) is 15.1. The molecule has 0 aliphatic carbocycles. The molecule has 0 bridgehead atoms. The predicted octanol–water partition coefficient (Wildman–Crippen LogP) is 3.38. The molecular formula is C13H11BiCl3O. The van der Waals surface area contributed by atoms with Crippen LogP contribution in [0.25, 0.3) is 0 Å². The molecule has 0 atom stereocenters. The molecule has 0 aliphatic heterocycles. The summed E-state index contributed by atoms with van der Waals surface area (Å²) in [4.78, 5) is 0. The summed E-state index contributed by atoms with van der Waals surface area (Å²) in [5.74, 6) is 0.797. The molecule has 2 rings (SSSR count). The Morgan fingerprint density at radius 2 is 1.28 bits per heavy atom. The molecular weight excluding hydrogens is 487 g/mol. The van der Waals surface area contributed by atoms with Crippen LogP contribution in [0.2, 0.25) is 5.02 Å². The molecule has 0 saturated carbocycles. The van der Waals surface area contributed by atoms with E-state index >= 15 is 0 Å². The molecule has 2 aromatic rings. The molecule has 18 heavy (non-hydrogen) atoms.